The lowest BCUT2D eigenvalue weighted by molar-refractivity contribution is -0.138. The summed E-state index contributed by atoms with van der Waals surface area (Å²) in [5.41, 5.74) is 6.47. The van der Waals surface area contributed by atoms with Gasteiger partial charge in [0.15, 0.2) is 5.95 Å². The van der Waals surface area contributed by atoms with Crippen LogP contribution in [0.3, 0.4) is 0 Å². The summed E-state index contributed by atoms with van der Waals surface area (Å²) < 4.78 is 1.68. The van der Waals surface area contributed by atoms with Crippen LogP contribution in [0.2, 0.25) is 0 Å². The zero-order valence-corrected chi connectivity index (χ0v) is 15.1. The first-order valence-corrected chi connectivity index (χ1v) is 8.49. The van der Waals surface area contributed by atoms with Crippen molar-refractivity contribution in [3.63, 3.8) is 0 Å². The number of aryl methyl sites for hydroxylation is 1. The van der Waals surface area contributed by atoms with Gasteiger partial charge < -0.3 is 31.0 Å². The Labute approximate surface area is 159 Å². The summed E-state index contributed by atoms with van der Waals surface area (Å²) in [4.78, 5) is 42.8. The quantitative estimate of drug-likeness (QED) is 0.384. The third-order valence-corrected chi connectivity index (χ3v) is 4.26. The number of rotatable bonds is 7. The second kappa shape index (κ2) is 7.92. The van der Waals surface area contributed by atoms with Crippen LogP contribution in [0, 0.1) is 0 Å². The summed E-state index contributed by atoms with van der Waals surface area (Å²) in [5.74, 6) is -1.26. The van der Waals surface area contributed by atoms with Crippen molar-refractivity contribution in [2.24, 2.45) is 12.8 Å². The maximum absolute atomic E-state index is 12.7. The fourth-order valence-electron chi connectivity index (χ4n) is 2.73. The molecule has 10 heteroatoms. The number of anilines is 1. The number of aromatic amines is 1. The van der Waals surface area contributed by atoms with Crippen molar-refractivity contribution in [3.8, 4) is 0 Å². The first-order valence-electron chi connectivity index (χ1n) is 8.49. The van der Waals surface area contributed by atoms with Gasteiger partial charge in [0.1, 0.15) is 11.6 Å². The predicted octanol–water partition coefficient (Wildman–Crippen LogP) is 0.0154. The van der Waals surface area contributed by atoms with E-state index >= 15 is 0 Å². The Kier molecular flexibility index (Phi) is 5.41. The van der Waals surface area contributed by atoms with Crippen molar-refractivity contribution < 1.29 is 14.7 Å². The highest BCUT2D eigenvalue weighted by Crippen LogP contribution is 2.15. The number of aromatic nitrogens is 3. The second-order valence-corrected chi connectivity index (χ2v) is 6.28. The van der Waals surface area contributed by atoms with E-state index in [1.807, 2.05) is 6.07 Å². The third kappa shape index (κ3) is 4.01. The number of carbonyl (C=O) groups is 2. The number of carboxylic acid groups (broad SMARTS) is 1. The van der Waals surface area contributed by atoms with Gasteiger partial charge in [-0.25, -0.2) is 4.98 Å². The number of nitrogens with one attached hydrogen (secondary N) is 3. The Morgan fingerprint density at radius 1 is 1.39 bits per heavy atom. The van der Waals surface area contributed by atoms with Crippen LogP contribution in [-0.2, 0) is 18.4 Å². The molecular weight excluding hydrogens is 364 g/mol. The number of aliphatic carboxylic acids is 1. The summed E-state index contributed by atoms with van der Waals surface area (Å²) in [6, 6.07) is 4.07. The molecule has 0 aliphatic rings. The molecule has 6 N–H and O–H groups in total. The first kappa shape index (κ1) is 19.1. The van der Waals surface area contributed by atoms with Gasteiger partial charge in [0.05, 0.1) is 5.52 Å². The molecule has 0 aliphatic carbocycles. The summed E-state index contributed by atoms with van der Waals surface area (Å²) in [6.07, 6.45) is 4.78. The Morgan fingerprint density at radius 3 is 2.86 bits per heavy atom. The topological polar surface area (TPSA) is 155 Å². The number of pyridine rings is 1. The molecule has 1 aromatic carbocycles. The fraction of sp³-hybridized carbons (Fsp3) is 0.222. The normalized spacial score (nSPS) is 11.9. The second-order valence-electron chi connectivity index (χ2n) is 6.28. The highest BCUT2D eigenvalue weighted by molar-refractivity contribution is 5.97. The van der Waals surface area contributed by atoms with Gasteiger partial charge in [-0.1, -0.05) is 6.07 Å². The number of nitrogens with zero attached hydrogens (tertiary/aromatic N) is 2. The smallest absolute Gasteiger partial charge is 0.322 e. The van der Waals surface area contributed by atoms with Crippen LogP contribution in [0.1, 0.15) is 15.9 Å². The minimum atomic E-state index is -1.24. The maximum Gasteiger partial charge on any atom is 0.322 e. The number of amides is 1. The van der Waals surface area contributed by atoms with E-state index in [4.69, 9.17) is 10.8 Å². The van der Waals surface area contributed by atoms with E-state index in [1.54, 1.807) is 36.1 Å². The average Bonchev–Trinajstić information content (AvgIpc) is 3.20. The number of hydrogen-bond donors (Lipinski definition) is 5. The van der Waals surface area contributed by atoms with E-state index in [-0.39, 0.29) is 12.1 Å². The summed E-state index contributed by atoms with van der Waals surface area (Å²) in [5, 5.41) is 14.7. The van der Waals surface area contributed by atoms with E-state index in [9.17, 15) is 14.4 Å². The molecule has 28 heavy (non-hydrogen) atoms. The van der Waals surface area contributed by atoms with Crippen LogP contribution in [0.15, 0.2) is 41.6 Å². The largest absolute Gasteiger partial charge is 0.480 e. The van der Waals surface area contributed by atoms with Crippen LogP contribution in [0.5, 0.6) is 0 Å². The molecule has 0 spiro atoms. The van der Waals surface area contributed by atoms with Crippen LogP contribution in [0.25, 0.3) is 10.9 Å². The van der Waals surface area contributed by atoms with Crippen molar-refractivity contribution in [3.05, 3.63) is 58.1 Å². The van der Waals surface area contributed by atoms with E-state index in [0.717, 1.165) is 5.56 Å². The molecular formula is C18H20N6O4. The molecule has 0 fully saturated rings. The van der Waals surface area contributed by atoms with Crippen LogP contribution in [-0.4, -0.2) is 44.1 Å². The molecule has 0 bridgehead atoms. The minimum absolute atomic E-state index is 0.0750. The minimum Gasteiger partial charge on any atom is -0.480 e. The number of fused-ring (bicyclic) bond motifs is 1. The SMILES string of the molecule is Cn1cc(C(=O)NCC(N)C(=O)O)c(=O)c2ccc(CNc3ncc[nH]3)cc21. The molecule has 146 valence electrons. The fourth-order valence-corrected chi connectivity index (χ4v) is 2.73. The number of benzene rings is 1. The number of carboxylic acids is 1. The van der Waals surface area contributed by atoms with Gasteiger partial charge in [-0.2, -0.15) is 0 Å². The summed E-state index contributed by atoms with van der Waals surface area (Å²) in [7, 11) is 1.73. The lowest BCUT2D eigenvalue weighted by Crippen LogP contribution is -2.43. The monoisotopic (exact) mass is 384 g/mol. The van der Waals surface area contributed by atoms with E-state index in [0.29, 0.717) is 23.4 Å². The molecule has 0 saturated heterocycles. The maximum atomic E-state index is 12.7. The summed E-state index contributed by atoms with van der Waals surface area (Å²) >= 11 is 0. The molecule has 0 saturated carbocycles. The number of carbonyl (C=O) groups excluding carboxylic acids is 1. The van der Waals surface area contributed by atoms with Gasteiger partial charge in [0.25, 0.3) is 5.91 Å². The Morgan fingerprint density at radius 2 is 2.18 bits per heavy atom. The van der Waals surface area contributed by atoms with Crippen molar-refractivity contribution in [1.82, 2.24) is 19.9 Å². The molecule has 2 aromatic heterocycles. The van der Waals surface area contributed by atoms with Gasteiger partial charge in [-0.05, 0) is 17.7 Å². The van der Waals surface area contributed by atoms with Gasteiger partial charge in [0.2, 0.25) is 5.43 Å². The first-order chi connectivity index (χ1) is 13.4. The predicted molar refractivity (Wildman–Crippen MR) is 103 cm³/mol. The van der Waals surface area contributed by atoms with Gasteiger partial charge in [-0.3, -0.25) is 14.4 Å². The highest BCUT2D eigenvalue weighted by atomic mass is 16.4. The zero-order valence-electron chi connectivity index (χ0n) is 15.1. The zero-order chi connectivity index (χ0) is 20.3. The Hall–Kier alpha value is -3.66. The Bertz CT molecular complexity index is 1070. The van der Waals surface area contributed by atoms with Gasteiger partial charge in [0, 0.05) is 44.1 Å². The standard InChI is InChI=1S/C18H20N6O4/c1-24-9-12(16(26)22-8-13(19)17(27)28)15(25)11-3-2-10(6-14(11)24)7-23-18-20-4-5-21-18/h2-6,9,13H,7-8,19H2,1H3,(H,22,26)(H,27,28)(H2,20,21,23). The molecule has 3 rings (SSSR count). The van der Waals surface area contributed by atoms with Gasteiger partial charge >= 0.3 is 5.97 Å². The lowest BCUT2D eigenvalue weighted by atomic mass is 10.1. The van der Waals surface area contributed by atoms with Crippen LogP contribution >= 0.6 is 0 Å². The van der Waals surface area contributed by atoms with Crippen molar-refractivity contribution >= 4 is 28.7 Å². The molecule has 1 amide bonds. The molecule has 10 nitrogen and oxygen atoms in total. The van der Waals surface area contributed by atoms with Crippen molar-refractivity contribution in [1.29, 1.82) is 0 Å². The molecule has 1 atom stereocenters. The van der Waals surface area contributed by atoms with Crippen LogP contribution in [0.4, 0.5) is 5.95 Å². The number of imidazole rings is 1. The summed E-state index contributed by atoms with van der Waals surface area (Å²) in [6.45, 7) is 0.236. The van der Waals surface area contributed by atoms with Gasteiger partial charge in [-0.15, -0.1) is 0 Å². The average molecular weight is 384 g/mol. The number of nitrogens with two attached hydrogens (primary N) is 1. The highest BCUT2D eigenvalue weighted by Gasteiger charge is 2.17. The number of H-pyrrole nitrogens is 1. The number of hydrogen-bond acceptors (Lipinski definition) is 6. The lowest BCUT2D eigenvalue weighted by Gasteiger charge is -2.12. The Balaban J connectivity index is 1.84. The van der Waals surface area contributed by atoms with Crippen molar-refractivity contribution in [2.75, 3.05) is 11.9 Å². The molecule has 0 radical (unpaired) electrons. The molecule has 2 heterocycles. The van der Waals surface area contributed by atoms with E-state index in [1.165, 1.54) is 6.20 Å². The van der Waals surface area contributed by atoms with Crippen molar-refractivity contribution in [2.45, 2.75) is 12.6 Å². The van der Waals surface area contributed by atoms with E-state index < -0.39 is 23.3 Å². The third-order valence-electron chi connectivity index (χ3n) is 4.26. The van der Waals surface area contributed by atoms with E-state index in [2.05, 4.69) is 20.6 Å². The molecule has 0 aliphatic heterocycles. The molecule has 3 aromatic rings. The van der Waals surface area contributed by atoms with Crippen LogP contribution < -0.4 is 21.8 Å². The molecule has 1 unspecified atom stereocenters.